The van der Waals surface area contributed by atoms with Gasteiger partial charge in [-0.25, -0.2) is 0 Å². The molecule has 0 radical (unpaired) electrons. The molecule has 2 aromatic heterocycles. The number of aryl methyl sites for hydroxylation is 1. The Labute approximate surface area is 135 Å². The summed E-state index contributed by atoms with van der Waals surface area (Å²) in [6.45, 7) is 8.82. The number of hydrogen-bond acceptors (Lipinski definition) is 4. The Morgan fingerprint density at radius 3 is 3.00 bits per heavy atom. The fraction of sp³-hybridized carbons (Fsp3) is 0.529. The fourth-order valence-electron chi connectivity index (χ4n) is 3.26. The van der Waals surface area contributed by atoms with Gasteiger partial charge in [0.2, 0.25) is 0 Å². The summed E-state index contributed by atoms with van der Waals surface area (Å²) in [5.74, 6) is 0.918. The number of carbonyl (C=O) groups excluding carboxylic acids is 1. The van der Waals surface area contributed by atoms with E-state index in [0.29, 0.717) is 17.0 Å². The molecule has 1 amide bonds. The molecule has 0 bridgehead atoms. The van der Waals surface area contributed by atoms with Crippen molar-refractivity contribution >= 4 is 17.2 Å². The van der Waals surface area contributed by atoms with Gasteiger partial charge >= 0.3 is 0 Å². The molecule has 1 aliphatic heterocycles. The zero-order valence-corrected chi connectivity index (χ0v) is 14.4. The van der Waals surface area contributed by atoms with Gasteiger partial charge in [0.25, 0.3) is 5.91 Å². The van der Waals surface area contributed by atoms with E-state index in [0.717, 1.165) is 19.4 Å². The van der Waals surface area contributed by atoms with Gasteiger partial charge in [-0.2, -0.15) is 0 Å². The van der Waals surface area contributed by atoms with E-state index < -0.39 is 0 Å². The van der Waals surface area contributed by atoms with Crippen LogP contribution in [0.1, 0.15) is 71.4 Å². The molecule has 0 N–H and O–H groups in total. The summed E-state index contributed by atoms with van der Waals surface area (Å²) < 4.78 is 5.40. The van der Waals surface area contributed by atoms with Crippen molar-refractivity contribution in [3.8, 4) is 0 Å². The molecule has 1 aliphatic rings. The van der Waals surface area contributed by atoms with Crippen LogP contribution in [0.3, 0.4) is 0 Å². The molecule has 2 aromatic rings. The molecule has 0 aromatic carbocycles. The summed E-state index contributed by atoms with van der Waals surface area (Å²) in [6, 6.07) is 2.33. The van der Waals surface area contributed by atoms with Gasteiger partial charge in [0.15, 0.2) is 5.76 Å². The third-order valence-corrected chi connectivity index (χ3v) is 5.37. The van der Waals surface area contributed by atoms with Crippen LogP contribution >= 0.6 is 11.3 Å². The van der Waals surface area contributed by atoms with Gasteiger partial charge < -0.3 is 9.42 Å². The Morgan fingerprint density at radius 2 is 2.32 bits per heavy atom. The third kappa shape index (κ3) is 2.37. The Balaban J connectivity index is 1.98. The highest BCUT2D eigenvalue weighted by Crippen LogP contribution is 2.37. The van der Waals surface area contributed by atoms with Crippen LogP contribution in [0, 0.1) is 6.92 Å². The molecular formula is C17H22N2O2S. The number of nitrogens with zero attached hydrogens (tertiary/aromatic N) is 2. The van der Waals surface area contributed by atoms with E-state index in [1.54, 1.807) is 11.3 Å². The molecule has 0 spiro atoms. The van der Waals surface area contributed by atoms with E-state index in [1.807, 2.05) is 25.7 Å². The van der Waals surface area contributed by atoms with Gasteiger partial charge in [-0.15, -0.1) is 11.3 Å². The van der Waals surface area contributed by atoms with Crippen molar-refractivity contribution in [2.75, 3.05) is 6.54 Å². The van der Waals surface area contributed by atoms with Crippen LogP contribution in [-0.4, -0.2) is 22.5 Å². The van der Waals surface area contributed by atoms with Gasteiger partial charge in [0.1, 0.15) is 5.56 Å². The first-order valence-corrected chi connectivity index (χ1v) is 8.75. The highest BCUT2D eigenvalue weighted by molar-refractivity contribution is 7.10. The average Bonchev–Trinajstić information content (AvgIpc) is 3.11. The Hall–Kier alpha value is -1.62. The van der Waals surface area contributed by atoms with Crippen molar-refractivity contribution in [1.29, 1.82) is 0 Å². The molecule has 1 atom stereocenters. The molecule has 3 rings (SSSR count). The predicted molar refractivity (Wildman–Crippen MR) is 87.4 cm³/mol. The fourth-order valence-corrected chi connectivity index (χ4v) is 4.19. The van der Waals surface area contributed by atoms with E-state index in [-0.39, 0.29) is 17.9 Å². The SMILES string of the molecule is CCC1c2ccsc2CCN1C(=O)c1c(C)noc1C(C)C. The lowest BCUT2D eigenvalue weighted by Crippen LogP contribution is -2.39. The maximum atomic E-state index is 13.1. The van der Waals surface area contributed by atoms with Gasteiger partial charge in [-0.1, -0.05) is 25.9 Å². The third-order valence-electron chi connectivity index (χ3n) is 4.37. The number of fused-ring (bicyclic) bond motifs is 1. The largest absolute Gasteiger partial charge is 0.360 e. The number of amides is 1. The van der Waals surface area contributed by atoms with Gasteiger partial charge in [-0.3, -0.25) is 4.79 Å². The zero-order chi connectivity index (χ0) is 15.9. The minimum atomic E-state index is 0.0613. The second-order valence-corrected chi connectivity index (χ2v) is 7.13. The summed E-state index contributed by atoms with van der Waals surface area (Å²) in [7, 11) is 0. The van der Waals surface area contributed by atoms with Crippen LogP contribution in [0.25, 0.3) is 0 Å². The highest BCUT2D eigenvalue weighted by atomic mass is 32.1. The first-order chi connectivity index (χ1) is 10.5. The van der Waals surface area contributed by atoms with Gasteiger partial charge in [0, 0.05) is 17.3 Å². The number of hydrogen-bond donors (Lipinski definition) is 0. The Morgan fingerprint density at radius 1 is 1.55 bits per heavy atom. The maximum Gasteiger partial charge on any atom is 0.259 e. The summed E-state index contributed by atoms with van der Waals surface area (Å²) in [5, 5.41) is 6.15. The van der Waals surface area contributed by atoms with Crippen molar-refractivity contribution < 1.29 is 9.32 Å². The van der Waals surface area contributed by atoms with Crippen LogP contribution in [0.5, 0.6) is 0 Å². The maximum absolute atomic E-state index is 13.1. The van der Waals surface area contributed by atoms with Crippen LogP contribution in [0.4, 0.5) is 0 Å². The average molecular weight is 318 g/mol. The van der Waals surface area contributed by atoms with Crippen LogP contribution in [0.15, 0.2) is 16.0 Å². The van der Waals surface area contributed by atoms with Crippen LogP contribution in [0.2, 0.25) is 0 Å². The molecule has 0 aliphatic carbocycles. The number of thiophene rings is 1. The van der Waals surface area contributed by atoms with Crippen molar-refractivity contribution in [2.24, 2.45) is 0 Å². The molecule has 5 heteroatoms. The molecule has 4 nitrogen and oxygen atoms in total. The number of aromatic nitrogens is 1. The van der Waals surface area contributed by atoms with Crippen molar-refractivity contribution in [3.63, 3.8) is 0 Å². The van der Waals surface area contributed by atoms with E-state index in [1.165, 1.54) is 10.4 Å². The predicted octanol–water partition coefficient (Wildman–Crippen LogP) is 4.32. The Bertz CT molecular complexity index is 687. The normalized spacial score (nSPS) is 17.9. The second kappa shape index (κ2) is 5.88. The monoisotopic (exact) mass is 318 g/mol. The van der Waals surface area contributed by atoms with Gasteiger partial charge in [-0.05, 0) is 36.8 Å². The lowest BCUT2D eigenvalue weighted by Gasteiger charge is -2.35. The molecule has 0 fully saturated rings. The minimum absolute atomic E-state index is 0.0613. The van der Waals surface area contributed by atoms with Gasteiger partial charge in [0.05, 0.1) is 11.7 Å². The molecule has 118 valence electrons. The van der Waals surface area contributed by atoms with Crippen LogP contribution < -0.4 is 0 Å². The second-order valence-electron chi connectivity index (χ2n) is 6.13. The van der Waals surface area contributed by atoms with E-state index in [2.05, 4.69) is 23.5 Å². The summed E-state index contributed by atoms with van der Waals surface area (Å²) >= 11 is 1.80. The lowest BCUT2D eigenvalue weighted by atomic mass is 9.95. The molecular weight excluding hydrogens is 296 g/mol. The van der Waals surface area contributed by atoms with E-state index >= 15 is 0 Å². The number of carbonyl (C=O) groups is 1. The standard InChI is InChI=1S/C17H22N2O2S/c1-5-13-12-7-9-22-14(12)6-8-19(13)17(20)15-11(4)18-21-16(15)10(2)3/h7,9-10,13H,5-6,8H2,1-4H3. The van der Waals surface area contributed by atoms with E-state index in [4.69, 9.17) is 4.52 Å². The van der Waals surface area contributed by atoms with Crippen molar-refractivity contribution in [1.82, 2.24) is 10.1 Å². The summed E-state index contributed by atoms with van der Waals surface area (Å²) in [6.07, 6.45) is 1.87. The lowest BCUT2D eigenvalue weighted by molar-refractivity contribution is 0.0654. The summed E-state index contributed by atoms with van der Waals surface area (Å²) in [5.41, 5.74) is 2.67. The smallest absolute Gasteiger partial charge is 0.259 e. The first-order valence-electron chi connectivity index (χ1n) is 7.88. The molecule has 0 saturated carbocycles. The van der Waals surface area contributed by atoms with Crippen molar-refractivity contribution in [2.45, 2.75) is 52.5 Å². The highest BCUT2D eigenvalue weighted by Gasteiger charge is 2.34. The quantitative estimate of drug-likeness (QED) is 0.847. The first kappa shape index (κ1) is 15.3. The Kier molecular flexibility index (Phi) is 4.08. The number of rotatable bonds is 3. The van der Waals surface area contributed by atoms with Crippen molar-refractivity contribution in [3.05, 3.63) is 38.9 Å². The summed E-state index contributed by atoms with van der Waals surface area (Å²) in [4.78, 5) is 16.6. The molecule has 1 unspecified atom stereocenters. The topological polar surface area (TPSA) is 46.3 Å². The van der Waals surface area contributed by atoms with E-state index in [9.17, 15) is 4.79 Å². The molecule has 3 heterocycles. The van der Waals surface area contributed by atoms with Crippen LogP contribution in [-0.2, 0) is 6.42 Å². The molecule has 22 heavy (non-hydrogen) atoms. The molecule has 0 saturated heterocycles. The zero-order valence-electron chi connectivity index (χ0n) is 13.5. The minimum Gasteiger partial charge on any atom is -0.360 e.